The lowest BCUT2D eigenvalue weighted by molar-refractivity contribution is -0.136. The summed E-state index contributed by atoms with van der Waals surface area (Å²) < 4.78 is 5.97. The van der Waals surface area contributed by atoms with Crippen LogP contribution in [-0.2, 0) is 14.3 Å². The zero-order valence-electron chi connectivity index (χ0n) is 14.9. The van der Waals surface area contributed by atoms with Gasteiger partial charge in [0, 0.05) is 15.2 Å². The number of nitrogens with zero attached hydrogens (tertiary/aromatic N) is 1. The molecule has 0 unspecified atom stereocenters. The molecule has 1 atom stereocenters. The van der Waals surface area contributed by atoms with Crippen LogP contribution in [0.1, 0.15) is 11.6 Å². The predicted molar refractivity (Wildman–Crippen MR) is 110 cm³/mol. The van der Waals surface area contributed by atoms with E-state index in [4.69, 9.17) is 16.3 Å². The van der Waals surface area contributed by atoms with Crippen molar-refractivity contribution in [1.82, 2.24) is 10.2 Å². The van der Waals surface area contributed by atoms with E-state index < -0.39 is 23.9 Å². The van der Waals surface area contributed by atoms with Gasteiger partial charge in [-0.3, -0.25) is 9.69 Å². The molecule has 0 radical (unpaired) electrons. The van der Waals surface area contributed by atoms with Crippen molar-refractivity contribution in [1.29, 1.82) is 0 Å². The number of hydrogen-bond acceptors (Lipinski definition) is 4. The van der Waals surface area contributed by atoms with E-state index in [-0.39, 0.29) is 13.2 Å². The zero-order chi connectivity index (χ0) is 20.5. The minimum absolute atomic E-state index is 0.0597. The second-order valence-electron chi connectivity index (χ2n) is 6.52. The van der Waals surface area contributed by atoms with E-state index in [2.05, 4.69) is 26.6 Å². The first-order valence-corrected chi connectivity index (χ1v) is 9.88. The summed E-state index contributed by atoms with van der Waals surface area (Å²) in [5.41, 5.74) is 2.01. The highest BCUT2D eigenvalue weighted by atomic mass is 79.9. The van der Waals surface area contributed by atoms with Crippen molar-refractivity contribution in [3.63, 3.8) is 0 Å². The van der Waals surface area contributed by atoms with Crippen LogP contribution in [0.4, 0.5) is 10.5 Å². The van der Waals surface area contributed by atoms with Gasteiger partial charge in [0.05, 0.1) is 17.3 Å². The van der Waals surface area contributed by atoms with Crippen molar-refractivity contribution >= 4 is 51.1 Å². The van der Waals surface area contributed by atoms with Crippen molar-refractivity contribution in [3.8, 4) is 0 Å². The second kappa shape index (κ2) is 7.88. The third kappa shape index (κ3) is 3.99. The number of ether oxygens (including phenoxy) is 1. The molecule has 0 fully saturated rings. The maximum absolute atomic E-state index is 12.7. The minimum atomic E-state index is -0.658. The molecule has 2 aromatic rings. The highest BCUT2D eigenvalue weighted by Crippen LogP contribution is 2.35. The Hall–Kier alpha value is -2.84. The molecule has 2 aromatic carbocycles. The fourth-order valence-corrected chi connectivity index (χ4v) is 3.82. The number of carbonyl (C=O) groups excluding carboxylic acids is 3. The molecule has 2 aliphatic rings. The molecule has 0 bridgehead atoms. The molecular weight excluding hydrogens is 462 g/mol. The number of rotatable bonds is 4. The quantitative estimate of drug-likeness (QED) is 0.660. The molecule has 2 aliphatic heterocycles. The molecular formula is C20H15BrClN3O4. The van der Waals surface area contributed by atoms with Crippen LogP contribution in [-0.4, -0.2) is 36.0 Å². The Bertz CT molecular complexity index is 1040. The lowest BCUT2D eigenvalue weighted by Crippen LogP contribution is -2.49. The zero-order valence-corrected chi connectivity index (χ0v) is 17.3. The second-order valence-corrected chi connectivity index (χ2v) is 7.87. The summed E-state index contributed by atoms with van der Waals surface area (Å²) in [4.78, 5) is 38.8. The van der Waals surface area contributed by atoms with Crippen molar-refractivity contribution < 1.29 is 19.1 Å². The maximum atomic E-state index is 12.7. The van der Waals surface area contributed by atoms with Crippen LogP contribution >= 0.6 is 27.5 Å². The Kier molecular flexibility index (Phi) is 5.29. The smallest absolute Gasteiger partial charge is 0.338 e. The topological polar surface area (TPSA) is 87.7 Å². The lowest BCUT2D eigenvalue weighted by Gasteiger charge is -2.32. The summed E-state index contributed by atoms with van der Waals surface area (Å²) in [6, 6.07) is 12.8. The number of urea groups is 1. The average Bonchev–Trinajstić information content (AvgIpc) is 3.06. The van der Waals surface area contributed by atoms with Gasteiger partial charge in [-0.25, -0.2) is 9.59 Å². The van der Waals surface area contributed by atoms with E-state index in [0.29, 0.717) is 27.5 Å². The summed E-state index contributed by atoms with van der Waals surface area (Å²) in [6.07, 6.45) is 0. The molecule has 3 amide bonds. The average molecular weight is 477 g/mol. The van der Waals surface area contributed by atoms with Crippen LogP contribution < -0.4 is 10.6 Å². The first-order chi connectivity index (χ1) is 13.9. The number of halogens is 2. The number of amides is 3. The molecule has 2 N–H and O–H groups in total. The molecule has 4 rings (SSSR count). The van der Waals surface area contributed by atoms with Crippen LogP contribution in [0.25, 0.3) is 0 Å². The van der Waals surface area contributed by atoms with Crippen molar-refractivity contribution in [3.05, 3.63) is 74.9 Å². The number of carbonyl (C=O) groups is 3. The van der Waals surface area contributed by atoms with Gasteiger partial charge in [0.15, 0.2) is 0 Å². The number of nitrogens with one attached hydrogen (secondary N) is 2. The molecule has 0 aliphatic carbocycles. The molecule has 0 spiro atoms. The molecule has 9 heteroatoms. The Morgan fingerprint density at radius 3 is 2.72 bits per heavy atom. The van der Waals surface area contributed by atoms with E-state index in [1.807, 2.05) is 6.07 Å². The summed E-state index contributed by atoms with van der Waals surface area (Å²) in [5.74, 6) is -0.910. The SMILES string of the molecule is O=C(CN1C(=O)N[C@@H](c2ccc(Cl)cc2)C2=C1COC2=O)Nc1cccc(Br)c1. The number of hydrogen-bond donors (Lipinski definition) is 2. The van der Waals surface area contributed by atoms with Gasteiger partial charge in [0.1, 0.15) is 13.2 Å². The summed E-state index contributed by atoms with van der Waals surface area (Å²) in [5, 5.41) is 6.06. The first-order valence-electron chi connectivity index (χ1n) is 8.71. The lowest BCUT2D eigenvalue weighted by atomic mass is 9.96. The Morgan fingerprint density at radius 1 is 1.24 bits per heavy atom. The minimum Gasteiger partial charge on any atom is -0.456 e. The van der Waals surface area contributed by atoms with Crippen LogP contribution in [0.5, 0.6) is 0 Å². The number of cyclic esters (lactones) is 1. The number of benzene rings is 2. The van der Waals surface area contributed by atoms with Gasteiger partial charge in [-0.1, -0.05) is 45.7 Å². The van der Waals surface area contributed by atoms with Gasteiger partial charge < -0.3 is 15.4 Å². The van der Waals surface area contributed by atoms with Gasteiger partial charge >= 0.3 is 12.0 Å². The molecule has 148 valence electrons. The third-order valence-electron chi connectivity index (χ3n) is 4.61. The number of esters is 1. The summed E-state index contributed by atoms with van der Waals surface area (Å²) in [7, 11) is 0. The van der Waals surface area contributed by atoms with E-state index >= 15 is 0 Å². The standard InChI is InChI=1S/C20H15BrClN3O4/c21-12-2-1-3-14(8-12)23-16(26)9-25-15-10-29-19(27)17(15)18(24-20(25)28)11-4-6-13(22)7-5-11/h1-8,18H,9-10H2,(H,23,26)(H,24,28)/t18-/m0/s1. The molecule has 29 heavy (non-hydrogen) atoms. The molecule has 0 aromatic heterocycles. The van der Waals surface area contributed by atoms with Gasteiger partial charge in [0.25, 0.3) is 0 Å². The monoisotopic (exact) mass is 475 g/mol. The van der Waals surface area contributed by atoms with E-state index in [1.54, 1.807) is 42.5 Å². The van der Waals surface area contributed by atoms with Gasteiger partial charge in [-0.15, -0.1) is 0 Å². The molecule has 0 saturated heterocycles. The normalized spacial score (nSPS) is 18.3. The number of anilines is 1. The maximum Gasteiger partial charge on any atom is 0.338 e. The van der Waals surface area contributed by atoms with Crippen molar-refractivity contribution in [2.75, 3.05) is 18.5 Å². The first kappa shape index (κ1) is 19.5. The molecule has 7 nitrogen and oxygen atoms in total. The Labute approximate surface area is 179 Å². The van der Waals surface area contributed by atoms with E-state index in [9.17, 15) is 14.4 Å². The Balaban J connectivity index is 1.59. The fraction of sp³-hybridized carbons (Fsp3) is 0.150. The van der Waals surface area contributed by atoms with Crippen LogP contribution in [0, 0.1) is 0 Å². The molecule has 0 saturated carbocycles. The van der Waals surface area contributed by atoms with Crippen LogP contribution in [0.15, 0.2) is 64.3 Å². The van der Waals surface area contributed by atoms with Crippen molar-refractivity contribution in [2.24, 2.45) is 0 Å². The van der Waals surface area contributed by atoms with Crippen LogP contribution in [0.3, 0.4) is 0 Å². The van der Waals surface area contributed by atoms with E-state index in [1.165, 1.54) is 4.90 Å². The Morgan fingerprint density at radius 2 is 2.00 bits per heavy atom. The summed E-state index contributed by atoms with van der Waals surface area (Å²) >= 11 is 9.27. The fourth-order valence-electron chi connectivity index (χ4n) is 3.29. The largest absolute Gasteiger partial charge is 0.456 e. The van der Waals surface area contributed by atoms with Gasteiger partial charge in [0.2, 0.25) is 5.91 Å². The molecule has 2 heterocycles. The van der Waals surface area contributed by atoms with Crippen LogP contribution in [0.2, 0.25) is 5.02 Å². The summed E-state index contributed by atoms with van der Waals surface area (Å²) in [6.45, 7) is -0.309. The highest BCUT2D eigenvalue weighted by molar-refractivity contribution is 9.10. The highest BCUT2D eigenvalue weighted by Gasteiger charge is 2.42. The van der Waals surface area contributed by atoms with Crippen molar-refractivity contribution in [2.45, 2.75) is 6.04 Å². The van der Waals surface area contributed by atoms with Gasteiger partial charge in [-0.2, -0.15) is 0 Å². The van der Waals surface area contributed by atoms with E-state index in [0.717, 1.165) is 4.47 Å². The van der Waals surface area contributed by atoms with Gasteiger partial charge in [-0.05, 0) is 35.9 Å². The predicted octanol–water partition coefficient (Wildman–Crippen LogP) is 3.62. The third-order valence-corrected chi connectivity index (χ3v) is 5.36.